The number of hydrogen-bond donors (Lipinski definition) is 0. The number of Topliss-reactive ketones (excluding diaryl/α,β-unsaturated/α-hetero) is 1. The van der Waals surface area contributed by atoms with Gasteiger partial charge in [-0.25, -0.2) is 4.39 Å². The monoisotopic (exact) mass is 278 g/mol. The van der Waals surface area contributed by atoms with Crippen molar-refractivity contribution < 1.29 is 13.9 Å². The summed E-state index contributed by atoms with van der Waals surface area (Å²) in [4.78, 5) is 12.8. The first-order valence-electron chi connectivity index (χ1n) is 6.56. The van der Waals surface area contributed by atoms with Gasteiger partial charge in [0.1, 0.15) is 5.82 Å². The Balaban J connectivity index is 1.70. The zero-order chi connectivity index (χ0) is 13.2. The highest BCUT2D eigenvalue weighted by Gasteiger charge is 2.18. The molecule has 0 saturated carbocycles. The molecular weight excluding hydrogens is 263 g/mol. The highest BCUT2D eigenvalue weighted by Crippen LogP contribution is 2.28. The van der Waals surface area contributed by atoms with Gasteiger partial charge in [-0.05, 0) is 48.9 Å². The number of thiophene rings is 1. The first-order chi connectivity index (χ1) is 9.22. The number of carbonyl (C=O) groups excluding carboxylic acids is 1. The Morgan fingerprint density at radius 1 is 1.42 bits per heavy atom. The third kappa shape index (κ3) is 2.85. The van der Waals surface area contributed by atoms with Crippen LogP contribution < -0.4 is 0 Å². The predicted octanol–water partition coefficient (Wildman–Crippen LogP) is 4.18. The average molecular weight is 278 g/mol. The number of rotatable bonds is 4. The maximum absolute atomic E-state index is 13.1. The van der Waals surface area contributed by atoms with Crippen molar-refractivity contribution in [2.24, 2.45) is 0 Å². The fourth-order valence-electron chi connectivity index (χ4n) is 2.44. The Kier molecular flexibility index (Phi) is 3.62. The normalized spacial score (nSPS) is 19.1. The largest absolute Gasteiger partial charge is 0.378 e. The van der Waals surface area contributed by atoms with Gasteiger partial charge < -0.3 is 4.74 Å². The quantitative estimate of drug-likeness (QED) is 0.784. The zero-order valence-corrected chi connectivity index (χ0v) is 11.3. The number of benzene rings is 1. The van der Waals surface area contributed by atoms with Gasteiger partial charge in [-0.2, -0.15) is 0 Å². The second kappa shape index (κ2) is 5.39. The summed E-state index contributed by atoms with van der Waals surface area (Å²) in [5, 5.41) is 0.811. The van der Waals surface area contributed by atoms with Crippen LogP contribution in [-0.2, 0) is 4.74 Å². The van der Waals surface area contributed by atoms with Gasteiger partial charge in [-0.15, -0.1) is 11.3 Å². The molecule has 1 aliphatic heterocycles. The molecule has 1 aromatic carbocycles. The Morgan fingerprint density at radius 2 is 2.32 bits per heavy atom. The topological polar surface area (TPSA) is 26.3 Å². The number of ether oxygens (including phenoxy) is 1. The lowest BCUT2D eigenvalue weighted by molar-refractivity contribution is 0.0862. The molecule has 1 saturated heterocycles. The fourth-order valence-corrected chi connectivity index (χ4v) is 3.45. The van der Waals surface area contributed by atoms with Gasteiger partial charge in [0.05, 0.1) is 11.0 Å². The molecule has 2 nitrogen and oxygen atoms in total. The second-order valence-electron chi connectivity index (χ2n) is 4.89. The minimum Gasteiger partial charge on any atom is -0.378 e. The maximum Gasteiger partial charge on any atom is 0.172 e. The van der Waals surface area contributed by atoms with E-state index in [-0.39, 0.29) is 17.7 Å². The number of hydrogen-bond acceptors (Lipinski definition) is 3. The average Bonchev–Trinajstić information content (AvgIpc) is 3.04. The highest BCUT2D eigenvalue weighted by molar-refractivity contribution is 7.20. The molecular formula is C15H15FO2S. The van der Waals surface area contributed by atoms with Gasteiger partial charge in [0, 0.05) is 17.7 Å². The summed E-state index contributed by atoms with van der Waals surface area (Å²) >= 11 is 1.44. The van der Waals surface area contributed by atoms with E-state index in [1.165, 1.54) is 23.5 Å². The van der Waals surface area contributed by atoms with Crippen LogP contribution in [0.3, 0.4) is 0 Å². The van der Waals surface area contributed by atoms with Crippen LogP contribution in [0, 0.1) is 5.82 Å². The van der Waals surface area contributed by atoms with Crippen molar-refractivity contribution in [3.63, 3.8) is 0 Å². The summed E-state index contributed by atoms with van der Waals surface area (Å²) in [7, 11) is 0. The van der Waals surface area contributed by atoms with Crippen LogP contribution in [0.5, 0.6) is 0 Å². The third-order valence-electron chi connectivity index (χ3n) is 3.47. The second-order valence-corrected chi connectivity index (χ2v) is 5.97. The summed E-state index contributed by atoms with van der Waals surface area (Å²) in [6, 6.07) is 6.43. The van der Waals surface area contributed by atoms with E-state index in [1.807, 2.05) is 0 Å². The van der Waals surface area contributed by atoms with E-state index in [0.717, 1.165) is 40.8 Å². The highest BCUT2D eigenvalue weighted by atomic mass is 32.1. The minimum atomic E-state index is -0.261. The lowest BCUT2D eigenvalue weighted by atomic mass is 10.1. The van der Waals surface area contributed by atoms with Gasteiger partial charge in [-0.3, -0.25) is 4.79 Å². The summed E-state index contributed by atoms with van der Waals surface area (Å²) < 4.78 is 19.6. The predicted molar refractivity (Wildman–Crippen MR) is 74.3 cm³/mol. The van der Waals surface area contributed by atoms with Gasteiger partial charge in [0.2, 0.25) is 0 Å². The van der Waals surface area contributed by atoms with Crippen LogP contribution >= 0.6 is 11.3 Å². The van der Waals surface area contributed by atoms with E-state index in [2.05, 4.69) is 0 Å². The minimum absolute atomic E-state index is 0.136. The van der Waals surface area contributed by atoms with E-state index in [1.54, 1.807) is 12.1 Å². The Labute approximate surface area is 115 Å². The molecule has 0 aliphatic carbocycles. The maximum atomic E-state index is 13.1. The van der Waals surface area contributed by atoms with E-state index in [4.69, 9.17) is 4.74 Å². The molecule has 3 rings (SSSR count). The molecule has 0 amide bonds. The molecule has 2 heterocycles. The number of ketones is 1. The Morgan fingerprint density at radius 3 is 3.11 bits per heavy atom. The van der Waals surface area contributed by atoms with Gasteiger partial charge in [-0.1, -0.05) is 0 Å². The SMILES string of the molecule is O=C(CCC1CCCO1)c1cc2cc(F)ccc2s1. The molecule has 0 bridgehead atoms. The molecule has 0 N–H and O–H groups in total. The van der Waals surface area contributed by atoms with Crippen molar-refractivity contribution in [1.29, 1.82) is 0 Å². The molecule has 19 heavy (non-hydrogen) atoms. The molecule has 100 valence electrons. The fraction of sp³-hybridized carbons (Fsp3) is 0.400. The molecule has 4 heteroatoms. The number of halogens is 1. The van der Waals surface area contributed by atoms with Crippen molar-refractivity contribution in [2.75, 3.05) is 6.61 Å². The van der Waals surface area contributed by atoms with Crippen LogP contribution in [0.2, 0.25) is 0 Å². The summed E-state index contributed by atoms with van der Waals surface area (Å²) in [6.07, 6.45) is 3.71. The molecule has 0 radical (unpaired) electrons. The molecule has 1 aromatic heterocycles. The molecule has 1 atom stereocenters. The molecule has 1 fully saturated rings. The first-order valence-corrected chi connectivity index (χ1v) is 7.38. The van der Waals surface area contributed by atoms with Crippen molar-refractivity contribution in [2.45, 2.75) is 31.8 Å². The van der Waals surface area contributed by atoms with E-state index in [0.29, 0.717) is 6.42 Å². The Hall–Kier alpha value is -1.26. The van der Waals surface area contributed by atoms with Crippen LogP contribution in [0.15, 0.2) is 24.3 Å². The molecule has 1 aliphatic rings. The third-order valence-corrected chi connectivity index (χ3v) is 4.63. The molecule has 0 spiro atoms. The van der Waals surface area contributed by atoms with Gasteiger partial charge in [0.15, 0.2) is 5.78 Å². The van der Waals surface area contributed by atoms with Crippen molar-refractivity contribution in [3.05, 3.63) is 35.0 Å². The molecule has 1 unspecified atom stereocenters. The standard InChI is InChI=1S/C15H15FO2S/c16-11-3-6-14-10(8-11)9-15(19-14)13(17)5-4-12-2-1-7-18-12/h3,6,8-9,12H,1-2,4-5,7H2. The van der Waals surface area contributed by atoms with Gasteiger partial charge >= 0.3 is 0 Å². The summed E-state index contributed by atoms with van der Waals surface area (Å²) in [5.74, 6) is -0.124. The number of carbonyl (C=O) groups is 1. The van der Waals surface area contributed by atoms with Crippen molar-refractivity contribution >= 4 is 27.2 Å². The van der Waals surface area contributed by atoms with Crippen LogP contribution in [0.1, 0.15) is 35.4 Å². The van der Waals surface area contributed by atoms with Crippen LogP contribution in [0.25, 0.3) is 10.1 Å². The number of fused-ring (bicyclic) bond motifs is 1. The van der Waals surface area contributed by atoms with Gasteiger partial charge in [0.25, 0.3) is 0 Å². The van der Waals surface area contributed by atoms with Crippen LogP contribution in [-0.4, -0.2) is 18.5 Å². The smallest absolute Gasteiger partial charge is 0.172 e. The lowest BCUT2D eigenvalue weighted by Crippen LogP contribution is -2.08. The van der Waals surface area contributed by atoms with E-state index < -0.39 is 0 Å². The summed E-state index contributed by atoms with van der Waals surface area (Å²) in [5.41, 5.74) is 0. The van der Waals surface area contributed by atoms with E-state index >= 15 is 0 Å². The first kappa shape index (κ1) is 12.8. The van der Waals surface area contributed by atoms with Crippen LogP contribution in [0.4, 0.5) is 4.39 Å². The van der Waals surface area contributed by atoms with Crippen molar-refractivity contribution in [3.8, 4) is 0 Å². The summed E-state index contributed by atoms with van der Waals surface area (Å²) in [6.45, 7) is 0.820. The zero-order valence-electron chi connectivity index (χ0n) is 10.5. The Bertz CT molecular complexity index is 599. The van der Waals surface area contributed by atoms with Crippen molar-refractivity contribution in [1.82, 2.24) is 0 Å². The molecule has 2 aromatic rings. The van der Waals surface area contributed by atoms with E-state index in [9.17, 15) is 9.18 Å². The lowest BCUT2D eigenvalue weighted by Gasteiger charge is -2.06.